The average molecular weight is 200 g/mol. The van der Waals surface area contributed by atoms with Gasteiger partial charge in [-0.15, -0.1) is 5.10 Å². The Kier molecular flexibility index (Phi) is 2.37. The maximum Gasteiger partial charge on any atom is 0.250 e. The summed E-state index contributed by atoms with van der Waals surface area (Å²) in [4.78, 5) is 15.0. The van der Waals surface area contributed by atoms with Crippen LogP contribution in [0.25, 0.3) is 11.4 Å². The fraction of sp³-hybridized carbons (Fsp3) is 0. The maximum atomic E-state index is 10.9. The van der Waals surface area contributed by atoms with E-state index in [1.807, 2.05) is 6.07 Å². The van der Waals surface area contributed by atoms with Crippen LogP contribution >= 0.6 is 0 Å². The number of hydrogen-bond acceptors (Lipinski definition) is 4. The Balaban J connectivity index is 2.46. The number of nitrogens with zero attached hydrogens (tertiary/aromatic N) is 3. The Morgan fingerprint density at radius 1 is 1.27 bits per heavy atom. The maximum absolute atomic E-state index is 10.9. The molecule has 0 bridgehead atoms. The number of rotatable bonds is 2. The van der Waals surface area contributed by atoms with Gasteiger partial charge in [0.05, 0.1) is 17.5 Å². The van der Waals surface area contributed by atoms with Crippen molar-refractivity contribution in [2.24, 2.45) is 5.73 Å². The highest BCUT2D eigenvalue weighted by Gasteiger charge is 2.05. The van der Waals surface area contributed by atoms with Gasteiger partial charge >= 0.3 is 0 Å². The van der Waals surface area contributed by atoms with Crippen molar-refractivity contribution in [1.82, 2.24) is 15.2 Å². The Labute approximate surface area is 86.0 Å². The lowest BCUT2D eigenvalue weighted by molar-refractivity contribution is 0.1000. The summed E-state index contributed by atoms with van der Waals surface area (Å²) in [5.74, 6) is -0.526. The minimum atomic E-state index is -0.526. The van der Waals surface area contributed by atoms with Gasteiger partial charge < -0.3 is 5.73 Å². The van der Waals surface area contributed by atoms with E-state index in [1.165, 1.54) is 6.20 Å². The zero-order valence-corrected chi connectivity index (χ0v) is 7.79. The monoisotopic (exact) mass is 200 g/mol. The standard InChI is InChI=1S/C10H8N4O/c11-10(15)7-5-9(14-13-6-7)8-3-1-2-4-12-8/h1-6H,(H2,11,15). The van der Waals surface area contributed by atoms with Crippen molar-refractivity contribution in [3.63, 3.8) is 0 Å². The normalized spacial score (nSPS) is 9.87. The Bertz CT molecular complexity index is 484. The van der Waals surface area contributed by atoms with Crippen LogP contribution in [-0.4, -0.2) is 21.1 Å². The predicted molar refractivity (Wildman–Crippen MR) is 53.8 cm³/mol. The van der Waals surface area contributed by atoms with Gasteiger partial charge in [-0.25, -0.2) is 0 Å². The molecule has 0 aliphatic rings. The fourth-order valence-corrected chi connectivity index (χ4v) is 1.14. The number of pyridine rings is 1. The summed E-state index contributed by atoms with van der Waals surface area (Å²) < 4.78 is 0. The summed E-state index contributed by atoms with van der Waals surface area (Å²) >= 11 is 0. The zero-order valence-electron chi connectivity index (χ0n) is 7.79. The molecule has 0 atom stereocenters. The van der Waals surface area contributed by atoms with Crippen LogP contribution in [0, 0.1) is 0 Å². The van der Waals surface area contributed by atoms with Crippen LogP contribution in [0.4, 0.5) is 0 Å². The van der Waals surface area contributed by atoms with Gasteiger partial charge in [0.25, 0.3) is 0 Å². The second-order valence-electron chi connectivity index (χ2n) is 2.91. The van der Waals surface area contributed by atoms with Gasteiger partial charge in [0.1, 0.15) is 5.69 Å². The van der Waals surface area contributed by atoms with Crippen LogP contribution in [0.15, 0.2) is 36.7 Å². The van der Waals surface area contributed by atoms with E-state index < -0.39 is 5.91 Å². The number of primary amides is 1. The van der Waals surface area contributed by atoms with Crippen LogP contribution in [0.5, 0.6) is 0 Å². The van der Waals surface area contributed by atoms with Crippen molar-refractivity contribution < 1.29 is 4.79 Å². The molecular weight excluding hydrogens is 192 g/mol. The van der Waals surface area contributed by atoms with E-state index in [4.69, 9.17) is 5.73 Å². The van der Waals surface area contributed by atoms with E-state index in [2.05, 4.69) is 15.2 Å². The molecule has 0 saturated carbocycles. The first-order valence-electron chi connectivity index (χ1n) is 4.31. The molecular formula is C10H8N4O. The highest BCUT2D eigenvalue weighted by atomic mass is 16.1. The molecule has 2 heterocycles. The third-order valence-electron chi connectivity index (χ3n) is 1.87. The third kappa shape index (κ3) is 1.96. The molecule has 15 heavy (non-hydrogen) atoms. The lowest BCUT2D eigenvalue weighted by Crippen LogP contribution is -2.11. The molecule has 0 unspecified atom stereocenters. The molecule has 1 amide bonds. The molecule has 2 aromatic rings. The number of carbonyl (C=O) groups is 1. The molecule has 0 radical (unpaired) electrons. The van der Waals surface area contributed by atoms with E-state index in [1.54, 1.807) is 24.4 Å². The van der Waals surface area contributed by atoms with Crippen LogP contribution in [-0.2, 0) is 0 Å². The highest BCUT2D eigenvalue weighted by Crippen LogP contribution is 2.12. The van der Waals surface area contributed by atoms with Crippen LogP contribution in [0.2, 0.25) is 0 Å². The number of amides is 1. The van der Waals surface area contributed by atoms with Crippen molar-refractivity contribution in [3.05, 3.63) is 42.2 Å². The molecule has 0 aliphatic carbocycles. The molecule has 0 fully saturated rings. The summed E-state index contributed by atoms with van der Waals surface area (Å²) in [5.41, 5.74) is 6.65. The van der Waals surface area contributed by atoms with Gasteiger partial charge in [-0.05, 0) is 18.2 Å². The van der Waals surface area contributed by atoms with Crippen molar-refractivity contribution in [3.8, 4) is 11.4 Å². The van der Waals surface area contributed by atoms with Crippen LogP contribution in [0.3, 0.4) is 0 Å². The molecule has 0 aromatic carbocycles. The molecule has 2 N–H and O–H groups in total. The first kappa shape index (κ1) is 9.26. The summed E-state index contributed by atoms with van der Waals surface area (Å²) in [6.45, 7) is 0. The number of aromatic nitrogens is 3. The number of nitrogens with two attached hydrogens (primary N) is 1. The fourth-order valence-electron chi connectivity index (χ4n) is 1.14. The van der Waals surface area contributed by atoms with E-state index in [9.17, 15) is 4.79 Å². The van der Waals surface area contributed by atoms with Crippen molar-refractivity contribution in [2.45, 2.75) is 0 Å². The highest BCUT2D eigenvalue weighted by molar-refractivity contribution is 5.93. The first-order valence-corrected chi connectivity index (χ1v) is 4.31. The third-order valence-corrected chi connectivity index (χ3v) is 1.87. The van der Waals surface area contributed by atoms with Crippen molar-refractivity contribution >= 4 is 5.91 Å². The van der Waals surface area contributed by atoms with Crippen LogP contribution < -0.4 is 5.73 Å². The van der Waals surface area contributed by atoms with Gasteiger partial charge in [-0.2, -0.15) is 5.10 Å². The Morgan fingerprint density at radius 2 is 2.13 bits per heavy atom. The lowest BCUT2D eigenvalue weighted by atomic mass is 10.2. The van der Waals surface area contributed by atoms with E-state index in [0.717, 1.165) is 0 Å². The second kappa shape index (κ2) is 3.83. The van der Waals surface area contributed by atoms with Crippen molar-refractivity contribution in [1.29, 1.82) is 0 Å². The zero-order chi connectivity index (χ0) is 10.7. The molecule has 0 aliphatic heterocycles. The molecule has 2 aromatic heterocycles. The Hall–Kier alpha value is -2.30. The lowest BCUT2D eigenvalue weighted by Gasteiger charge is -1.99. The van der Waals surface area contributed by atoms with Gasteiger partial charge in [0.2, 0.25) is 5.91 Å². The van der Waals surface area contributed by atoms with Gasteiger partial charge in [0.15, 0.2) is 0 Å². The van der Waals surface area contributed by atoms with Crippen LogP contribution in [0.1, 0.15) is 10.4 Å². The Morgan fingerprint density at radius 3 is 2.80 bits per heavy atom. The van der Waals surface area contributed by atoms with Gasteiger partial charge in [-0.3, -0.25) is 9.78 Å². The smallest absolute Gasteiger partial charge is 0.250 e. The SMILES string of the molecule is NC(=O)c1cnnc(-c2ccccn2)c1. The number of hydrogen-bond donors (Lipinski definition) is 1. The summed E-state index contributed by atoms with van der Waals surface area (Å²) in [6.07, 6.45) is 2.97. The molecule has 5 heteroatoms. The van der Waals surface area contributed by atoms with E-state index in [-0.39, 0.29) is 0 Å². The minimum absolute atomic E-state index is 0.325. The molecule has 5 nitrogen and oxygen atoms in total. The molecule has 0 spiro atoms. The minimum Gasteiger partial charge on any atom is -0.366 e. The second-order valence-corrected chi connectivity index (χ2v) is 2.91. The van der Waals surface area contributed by atoms with Gasteiger partial charge in [-0.1, -0.05) is 6.07 Å². The molecule has 2 rings (SSSR count). The van der Waals surface area contributed by atoms with E-state index >= 15 is 0 Å². The van der Waals surface area contributed by atoms with Crippen molar-refractivity contribution in [2.75, 3.05) is 0 Å². The first-order chi connectivity index (χ1) is 7.27. The molecule has 0 saturated heterocycles. The predicted octanol–water partition coefficient (Wildman–Crippen LogP) is 0.638. The largest absolute Gasteiger partial charge is 0.366 e. The number of carbonyl (C=O) groups excluding carboxylic acids is 1. The van der Waals surface area contributed by atoms with Gasteiger partial charge in [0, 0.05) is 6.20 Å². The average Bonchev–Trinajstić information content (AvgIpc) is 2.30. The summed E-state index contributed by atoms with van der Waals surface area (Å²) in [6, 6.07) is 6.99. The topological polar surface area (TPSA) is 81.8 Å². The quantitative estimate of drug-likeness (QED) is 0.771. The molecule has 74 valence electrons. The summed E-state index contributed by atoms with van der Waals surface area (Å²) in [7, 11) is 0. The van der Waals surface area contributed by atoms with E-state index in [0.29, 0.717) is 17.0 Å². The summed E-state index contributed by atoms with van der Waals surface area (Å²) in [5, 5.41) is 7.56.